The summed E-state index contributed by atoms with van der Waals surface area (Å²) in [5.41, 5.74) is 2.46. The molecule has 0 fully saturated rings. The van der Waals surface area contributed by atoms with Gasteiger partial charge in [0, 0.05) is 10.9 Å². The van der Waals surface area contributed by atoms with Gasteiger partial charge in [0.15, 0.2) is 0 Å². The van der Waals surface area contributed by atoms with Crippen LogP contribution in [-0.2, 0) is 16.5 Å². The average molecular weight is 453 g/mol. The van der Waals surface area contributed by atoms with Crippen LogP contribution in [0.1, 0.15) is 76.7 Å². The average Bonchev–Trinajstić information content (AvgIpc) is 2.79. The van der Waals surface area contributed by atoms with Crippen LogP contribution in [0.4, 0.5) is 0 Å². The van der Waals surface area contributed by atoms with E-state index in [2.05, 4.69) is 13.0 Å². The van der Waals surface area contributed by atoms with Gasteiger partial charge in [0.1, 0.15) is 4.90 Å². The topological polar surface area (TPSA) is 54.4 Å². The summed E-state index contributed by atoms with van der Waals surface area (Å²) in [6.45, 7) is 2.25. The lowest BCUT2D eigenvalue weighted by Gasteiger charge is -2.17. The van der Waals surface area contributed by atoms with E-state index in [9.17, 15) is 13.0 Å². The zero-order chi connectivity index (χ0) is 22.8. The molecule has 4 heteroatoms. The Balaban J connectivity index is 1.76. The van der Waals surface area contributed by atoms with Crippen LogP contribution in [-0.4, -0.2) is 13.0 Å². The highest BCUT2D eigenvalue weighted by Gasteiger charge is 2.23. The first-order valence-electron chi connectivity index (χ1n) is 12.1. The van der Waals surface area contributed by atoms with Crippen molar-refractivity contribution < 1.29 is 13.0 Å². The molecule has 0 aliphatic heterocycles. The molecule has 0 bridgehead atoms. The lowest BCUT2D eigenvalue weighted by atomic mass is 9.92. The first-order chi connectivity index (χ1) is 15.5. The van der Waals surface area contributed by atoms with Crippen molar-refractivity contribution in [2.75, 3.05) is 0 Å². The molecule has 0 spiro atoms. The molecule has 0 radical (unpaired) electrons. The summed E-state index contributed by atoms with van der Waals surface area (Å²) in [4.78, 5) is 0.0314. The Kier molecular flexibility index (Phi) is 9.31. The van der Waals surface area contributed by atoms with E-state index in [-0.39, 0.29) is 4.90 Å². The minimum atomic E-state index is -4.38. The molecule has 0 aromatic heterocycles. The monoisotopic (exact) mass is 452 g/mol. The van der Waals surface area contributed by atoms with Gasteiger partial charge in [-0.25, -0.2) is 0 Å². The van der Waals surface area contributed by atoms with E-state index < -0.39 is 10.1 Å². The van der Waals surface area contributed by atoms with Crippen LogP contribution in [0.2, 0.25) is 0 Å². The van der Waals surface area contributed by atoms with Crippen molar-refractivity contribution in [2.45, 2.75) is 82.4 Å². The Labute approximate surface area is 193 Å². The van der Waals surface area contributed by atoms with Gasteiger partial charge in [-0.15, -0.1) is 0 Å². The molecule has 3 nitrogen and oxygen atoms in total. The number of aryl methyl sites for hydroxylation is 1. The summed E-state index contributed by atoms with van der Waals surface area (Å²) < 4.78 is 35.2. The molecule has 32 heavy (non-hydrogen) atoms. The highest BCUT2D eigenvalue weighted by molar-refractivity contribution is 7.86. The van der Waals surface area contributed by atoms with E-state index in [0.717, 1.165) is 35.8 Å². The van der Waals surface area contributed by atoms with Gasteiger partial charge in [-0.05, 0) is 29.4 Å². The zero-order valence-corrected chi connectivity index (χ0v) is 20.0. The minimum Gasteiger partial charge on any atom is -0.282 e. The van der Waals surface area contributed by atoms with Crippen LogP contribution in [0, 0.1) is 0 Å². The maximum atomic E-state index is 12.5. The quantitative estimate of drug-likeness (QED) is 0.210. The molecular weight excluding hydrogens is 416 g/mol. The van der Waals surface area contributed by atoms with E-state index in [1.54, 1.807) is 6.07 Å². The third kappa shape index (κ3) is 6.66. The van der Waals surface area contributed by atoms with Crippen molar-refractivity contribution in [1.29, 1.82) is 0 Å². The lowest BCUT2D eigenvalue weighted by molar-refractivity contribution is 0.484. The van der Waals surface area contributed by atoms with Gasteiger partial charge in [0.05, 0.1) is 0 Å². The molecule has 0 aliphatic rings. The predicted octanol–water partition coefficient (Wildman–Crippen LogP) is 8.22. The van der Waals surface area contributed by atoms with Crippen LogP contribution in [0.25, 0.3) is 21.9 Å². The van der Waals surface area contributed by atoms with Crippen molar-refractivity contribution in [3.8, 4) is 11.1 Å². The van der Waals surface area contributed by atoms with Gasteiger partial charge in [0.25, 0.3) is 10.1 Å². The molecule has 0 amide bonds. The fraction of sp³-hybridized carbons (Fsp3) is 0.429. The van der Waals surface area contributed by atoms with E-state index in [1.807, 2.05) is 48.5 Å². The van der Waals surface area contributed by atoms with Gasteiger partial charge in [-0.2, -0.15) is 8.42 Å². The second-order valence-electron chi connectivity index (χ2n) is 8.73. The second kappa shape index (κ2) is 12.2. The fourth-order valence-corrected chi connectivity index (χ4v) is 5.53. The van der Waals surface area contributed by atoms with Crippen LogP contribution in [0.5, 0.6) is 0 Å². The molecule has 172 valence electrons. The number of benzene rings is 3. The van der Waals surface area contributed by atoms with Gasteiger partial charge in [0.2, 0.25) is 0 Å². The number of fused-ring (bicyclic) bond motifs is 1. The molecule has 3 rings (SSSR count). The molecule has 0 atom stereocenters. The Hall–Kier alpha value is -2.17. The third-order valence-electron chi connectivity index (χ3n) is 6.20. The Morgan fingerprint density at radius 2 is 1.28 bits per heavy atom. The normalized spacial score (nSPS) is 11.8. The van der Waals surface area contributed by atoms with Crippen LogP contribution >= 0.6 is 0 Å². The highest BCUT2D eigenvalue weighted by atomic mass is 32.2. The van der Waals surface area contributed by atoms with Gasteiger partial charge in [-0.1, -0.05) is 125 Å². The van der Waals surface area contributed by atoms with E-state index in [1.165, 1.54) is 51.4 Å². The minimum absolute atomic E-state index is 0.0314. The van der Waals surface area contributed by atoms with Crippen molar-refractivity contribution in [1.82, 2.24) is 0 Å². The Morgan fingerprint density at radius 1 is 0.719 bits per heavy atom. The SMILES string of the molecule is CCCCCCCCCCCCc1cc2ccccc2c(S(=O)(=O)O)c1-c1ccccc1. The van der Waals surface area contributed by atoms with E-state index >= 15 is 0 Å². The van der Waals surface area contributed by atoms with Crippen molar-refractivity contribution >= 4 is 20.9 Å². The van der Waals surface area contributed by atoms with Crippen molar-refractivity contribution in [3.63, 3.8) is 0 Å². The van der Waals surface area contributed by atoms with Crippen LogP contribution in [0.15, 0.2) is 65.6 Å². The smallest absolute Gasteiger partial charge is 0.282 e. The van der Waals surface area contributed by atoms with E-state index in [4.69, 9.17) is 0 Å². The van der Waals surface area contributed by atoms with Crippen LogP contribution in [0.3, 0.4) is 0 Å². The fourth-order valence-electron chi connectivity index (χ4n) is 4.56. The molecular formula is C28H36O3S. The van der Waals surface area contributed by atoms with Gasteiger partial charge in [-0.3, -0.25) is 4.55 Å². The lowest BCUT2D eigenvalue weighted by Crippen LogP contribution is -2.05. The summed E-state index contributed by atoms with van der Waals surface area (Å²) in [7, 11) is -4.38. The first kappa shape index (κ1) is 24.5. The molecule has 0 heterocycles. The number of rotatable bonds is 13. The molecule has 0 saturated carbocycles. The highest BCUT2D eigenvalue weighted by Crippen LogP contribution is 2.37. The first-order valence-corrected chi connectivity index (χ1v) is 13.5. The summed E-state index contributed by atoms with van der Waals surface area (Å²) in [5, 5.41) is 1.42. The Bertz CT molecular complexity index is 1090. The maximum Gasteiger partial charge on any atom is 0.295 e. The van der Waals surface area contributed by atoms with Crippen molar-refractivity contribution in [3.05, 3.63) is 66.2 Å². The van der Waals surface area contributed by atoms with Gasteiger partial charge >= 0.3 is 0 Å². The van der Waals surface area contributed by atoms with Crippen LogP contribution < -0.4 is 0 Å². The summed E-state index contributed by atoms with van der Waals surface area (Å²) in [5.74, 6) is 0. The largest absolute Gasteiger partial charge is 0.295 e. The molecule has 3 aromatic carbocycles. The van der Waals surface area contributed by atoms with Crippen molar-refractivity contribution in [2.24, 2.45) is 0 Å². The number of hydrogen-bond donors (Lipinski definition) is 1. The molecule has 0 saturated heterocycles. The summed E-state index contributed by atoms with van der Waals surface area (Å²) >= 11 is 0. The maximum absolute atomic E-state index is 12.5. The predicted molar refractivity (Wildman–Crippen MR) is 135 cm³/mol. The molecule has 3 aromatic rings. The summed E-state index contributed by atoms with van der Waals surface area (Å²) in [6, 6.07) is 19.1. The Morgan fingerprint density at radius 3 is 1.91 bits per heavy atom. The molecule has 0 unspecified atom stereocenters. The molecule has 0 aliphatic carbocycles. The van der Waals surface area contributed by atoms with E-state index in [0.29, 0.717) is 10.9 Å². The second-order valence-corrected chi connectivity index (χ2v) is 10.1. The number of unbranched alkanes of at least 4 members (excludes halogenated alkanes) is 9. The van der Waals surface area contributed by atoms with Gasteiger partial charge < -0.3 is 0 Å². The standard InChI is InChI=1S/C28H36O3S/c1-2-3-4-5-6-7-8-9-10-12-20-25-22-24-19-15-16-21-26(24)28(32(29,30)31)27(25)23-17-13-11-14-18-23/h11,13-19,21-22H,2-10,12,20H2,1H3,(H,29,30,31). The zero-order valence-electron chi connectivity index (χ0n) is 19.2. The summed E-state index contributed by atoms with van der Waals surface area (Å²) in [6.07, 6.45) is 13.4. The third-order valence-corrected chi connectivity index (χ3v) is 7.14. The number of hydrogen-bond acceptors (Lipinski definition) is 2. The molecule has 1 N–H and O–H groups in total.